The third-order valence-electron chi connectivity index (χ3n) is 1.97. The number of rotatable bonds is 9. The van der Waals surface area contributed by atoms with Gasteiger partial charge in [0, 0.05) is 28.4 Å². The zero-order valence-electron chi connectivity index (χ0n) is 11.6. The first-order valence-electron chi connectivity index (χ1n) is 5.05. The average molecular weight is 340 g/mol. The largest absolute Gasteiger partial charge is 0.490 e. The highest BCUT2D eigenvalue weighted by molar-refractivity contribution is 7.69. The molecule has 0 aliphatic carbocycles. The van der Waals surface area contributed by atoms with E-state index in [9.17, 15) is 13.7 Å². The van der Waals surface area contributed by atoms with Gasteiger partial charge in [-0.25, -0.2) is 13.4 Å². The second-order valence-electron chi connectivity index (χ2n) is 3.42. The fraction of sp³-hybridized carbons (Fsp3) is 1.00. The molecule has 0 saturated carbocycles. The SMILES string of the molecule is COP(=O)(OC)OP(=O)(OC)OP(=O)(OC)C(C)C. The Kier molecular flexibility index (Phi) is 7.63. The van der Waals surface area contributed by atoms with Crippen LogP contribution in [-0.4, -0.2) is 34.1 Å². The lowest BCUT2D eigenvalue weighted by atomic mass is 10.6. The van der Waals surface area contributed by atoms with Crippen LogP contribution < -0.4 is 0 Å². The fourth-order valence-corrected chi connectivity index (χ4v) is 5.96. The molecule has 0 radical (unpaired) electrons. The molecule has 0 rings (SSSR count). The van der Waals surface area contributed by atoms with E-state index >= 15 is 0 Å². The molecule has 2 unspecified atom stereocenters. The summed E-state index contributed by atoms with van der Waals surface area (Å²) in [6, 6.07) is 0. The van der Waals surface area contributed by atoms with Crippen molar-refractivity contribution in [2.24, 2.45) is 0 Å². The molecule has 116 valence electrons. The van der Waals surface area contributed by atoms with Gasteiger partial charge >= 0.3 is 23.2 Å². The number of hydrogen-bond acceptors (Lipinski definition) is 9. The monoisotopic (exact) mass is 340 g/mol. The minimum Gasteiger partial charge on any atom is -0.311 e. The van der Waals surface area contributed by atoms with E-state index in [1.807, 2.05) is 0 Å². The van der Waals surface area contributed by atoms with Crippen LogP contribution in [0.4, 0.5) is 0 Å². The van der Waals surface area contributed by atoms with Crippen molar-refractivity contribution >= 4 is 23.2 Å². The van der Waals surface area contributed by atoms with Crippen LogP contribution in [0, 0.1) is 0 Å². The summed E-state index contributed by atoms with van der Waals surface area (Å²) in [6.07, 6.45) is 0. The topological polar surface area (TPSA) is 107 Å². The molecule has 0 aromatic heterocycles. The fourth-order valence-electron chi connectivity index (χ4n) is 0.823. The van der Waals surface area contributed by atoms with Crippen molar-refractivity contribution in [1.82, 2.24) is 0 Å². The average Bonchev–Trinajstić information content (AvgIpc) is 2.38. The quantitative estimate of drug-likeness (QED) is 0.583. The zero-order chi connectivity index (χ0) is 15.3. The lowest BCUT2D eigenvalue weighted by molar-refractivity contribution is 0.168. The van der Waals surface area contributed by atoms with Gasteiger partial charge in [-0.2, -0.15) is 4.31 Å². The van der Waals surface area contributed by atoms with Crippen LogP contribution in [0.3, 0.4) is 0 Å². The molecule has 0 aromatic rings. The van der Waals surface area contributed by atoms with Crippen molar-refractivity contribution in [3.8, 4) is 0 Å². The summed E-state index contributed by atoms with van der Waals surface area (Å²) in [7, 11) is -8.23. The predicted molar refractivity (Wildman–Crippen MR) is 68.2 cm³/mol. The van der Waals surface area contributed by atoms with E-state index in [0.717, 1.165) is 28.4 Å². The molecule has 0 heterocycles. The van der Waals surface area contributed by atoms with Crippen LogP contribution in [0.15, 0.2) is 0 Å². The van der Waals surface area contributed by atoms with E-state index < -0.39 is 28.9 Å². The molecule has 0 bridgehead atoms. The van der Waals surface area contributed by atoms with Crippen molar-refractivity contribution in [3.05, 3.63) is 0 Å². The summed E-state index contributed by atoms with van der Waals surface area (Å²) >= 11 is 0. The van der Waals surface area contributed by atoms with E-state index in [2.05, 4.69) is 17.9 Å². The molecule has 0 fully saturated rings. The maximum atomic E-state index is 12.2. The highest BCUT2D eigenvalue weighted by Gasteiger charge is 2.45. The zero-order valence-corrected chi connectivity index (χ0v) is 14.3. The normalized spacial score (nSPS) is 19.1. The van der Waals surface area contributed by atoms with Gasteiger partial charge in [0.15, 0.2) is 0 Å². The molecule has 9 nitrogen and oxygen atoms in total. The smallest absolute Gasteiger partial charge is 0.311 e. The molecular formula is C7H19O9P3. The lowest BCUT2D eigenvalue weighted by Crippen LogP contribution is -2.05. The second-order valence-corrected chi connectivity index (χ2v) is 10.1. The number of phosphoric acid groups is 2. The van der Waals surface area contributed by atoms with Crippen LogP contribution in [-0.2, 0) is 40.4 Å². The van der Waals surface area contributed by atoms with Gasteiger partial charge in [0.25, 0.3) is 0 Å². The van der Waals surface area contributed by atoms with Crippen molar-refractivity contribution in [2.45, 2.75) is 19.5 Å². The van der Waals surface area contributed by atoms with Gasteiger partial charge in [-0.05, 0) is 0 Å². The van der Waals surface area contributed by atoms with Crippen molar-refractivity contribution in [1.29, 1.82) is 0 Å². The summed E-state index contributed by atoms with van der Waals surface area (Å²) in [5.74, 6) is 0. The van der Waals surface area contributed by atoms with Gasteiger partial charge < -0.3 is 4.52 Å². The maximum absolute atomic E-state index is 12.2. The lowest BCUT2D eigenvalue weighted by Gasteiger charge is -2.25. The summed E-state index contributed by atoms with van der Waals surface area (Å²) < 4.78 is 63.5. The van der Waals surface area contributed by atoms with Crippen LogP contribution in [0.25, 0.3) is 0 Å². The Morgan fingerprint density at radius 2 is 1.11 bits per heavy atom. The van der Waals surface area contributed by atoms with E-state index in [1.165, 1.54) is 13.8 Å². The third-order valence-corrected chi connectivity index (χ3v) is 8.40. The van der Waals surface area contributed by atoms with Gasteiger partial charge in [-0.1, -0.05) is 13.8 Å². The van der Waals surface area contributed by atoms with E-state index in [0.29, 0.717) is 0 Å². The molecule has 0 spiro atoms. The van der Waals surface area contributed by atoms with Crippen LogP contribution in [0.2, 0.25) is 0 Å². The molecule has 0 saturated heterocycles. The minimum absolute atomic E-state index is 0.617. The standard InChI is InChI=1S/C7H19O9P3/c1-7(2)17(8,11-3)15-19(10,14-6)16-18(9,12-4)13-5/h7H,1-6H3. The second kappa shape index (κ2) is 7.46. The van der Waals surface area contributed by atoms with Crippen molar-refractivity contribution in [2.75, 3.05) is 28.4 Å². The Bertz CT molecular complexity index is 412. The van der Waals surface area contributed by atoms with Gasteiger partial charge in [0.2, 0.25) is 0 Å². The molecule has 12 heteroatoms. The maximum Gasteiger partial charge on any atom is 0.490 e. The number of hydrogen-bond donors (Lipinski definition) is 0. The highest BCUT2D eigenvalue weighted by Crippen LogP contribution is 2.72. The Morgan fingerprint density at radius 1 is 0.684 bits per heavy atom. The van der Waals surface area contributed by atoms with Crippen LogP contribution >= 0.6 is 23.2 Å². The molecule has 0 aliphatic rings. The van der Waals surface area contributed by atoms with Gasteiger partial charge in [-0.3, -0.25) is 18.1 Å². The van der Waals surface area contributed by atoms with Crippen LogP contribution in [0.1, 0.15) is 13.8 Å². The van der Waals surface area contributed by atoms with E-state index in [1.54, 1.807) is 0 Å². The molecule has 0 aromatic carbocycles. The summed E-state index contributed by atoms with van der Waals surface area (Å²) in [4.78, 5) is 0. The first-order chi connectivity index (χ1) is 8.60. The minimum atomic E-state index is -4.45. The van der Waals surface area contributed by atoms with E-state index in [4.69, 9.17) is 8.83 Å². The van der Waals surface area contributed by atoms with Gasteiger partial charge in [0.1, 0.15) is 0 Å². The Labute approximate surface area is 112 Å². The van der Waals surface area contributed by atoms with E-state index in [-0.39, 0.29) is 0 Å². The summed E-state index contributed by atoms with van der Waals surface area (Å²) in [6.45, 7) is 3.05. The Balaban J connectivity index is 5.25. The summed E-state index contributed by atoms with van der Waals surface area (Å²) in [5, 5.41) is 0. The van der Waals surface area contributed by atoms with Crippen molar-refractivity contribution in [3.63, 3.8) is 0 Å². The van der Waals surface area contributed by atoms with Crippen molar-refractivity contribution < 1.29 is 40.4 Å². The Hall–Kier alpha value is 0.450. The number of phosphoric ester groups is 1. The third kappa shape index (κ3) is 5.38. The molecule has 0 amide bonds. The highest BCUT2D eigenvalue weighted by atomic mass is 31.3. The Morgan fingerprint density at radius 3 is 1.37 bits per heavy atom. The predicted octanol–water partition coefficient (Wildman–Crippen LogP) is 3.42. The molecule has 0 N–H and O–H groups in total. The van der Waals surface area contributed by atoms with Gasteiger partial charge in [-0.15, -0.1) is 0 Å². The van der Waals surface area contributed by atoms with Gasteiger partial charge in [0.05, 0.1) is 5.66 Å². The molecular weight excluding hydrogens is 321 g/mol. The first kappa shape index (κ1) is 19.4. The molecule has 19 heavy (non-hydrogen) atoms. The molecule has 2 atom stereocenters. The van der Waals surface area contributed by atoms with Crippen LogP contribution in [0.5, 0.6) is 0 Å². The summed E-state index contributed by atoms with van der Waals surface area (Å²) in [5.41, 5.74) is -0.617. The first-order valence-corrected chi connectivity index (χ1v) is 9.59. The molecule has 0 aliphatic heterocycles.